The van der Waals surface area contributed by atoms with Crippen LogP contribution in [0, 0.1) is 35.5 Å². The van der Waals surface area contributed by atoms with Crippen LogP contribution in [0.1, 0.15) is 103 Å². The second-order valence-corrected chi connectivity index (χ2v) is 14.9. The first kappa shape index (κ1) is 50.9. The largest absolute Gasteiger partial charge is 0.870 e. The number of nitrogens with zero attached hydrogens (tertiary/aromatic N) is 8. The summed E-state index contributed by atoms with van der Waals surface area (Å²) in [6.07, 6.45) is 16.0. The van der Waals surface area contributed by atoms with Gasteiger partial charge in [-0.25, -0.2) is 9.79 Å². The van der Waals surface area contributed by atoms with Crippen molar-refractivity contribution in [3.8, 4) is 0 Å². The van der Waals surface area contributed by atoms with Gasteiger partial charge in [0.25, 0.3) is 0 Å². The Morgan fingerprint density at radius 1 is 0.632 bits per heavy atom. The first-order valence-electron chi connectivity index (χ1n) is 19.6. The lowest BCUT2D eigenvalue weighted by Crippen LogP contribution is -2.31. The molecule has 1 amide bonds. The van der Waals surface area contributed by atoms with E-state index < -0.39 is 29.2 Å². The molecule has 0 saturated heterocycles. The fourth-order valence-electron chi connectivity index (χ4n) is 7.35. The van der Waals surface area contributed by atoms with Crippen molar-refractivity contribution in [3.05, 3.63) is 10.4 Å². The minimum atomic E-state index is -0.713. The van der Waals surface area contributed by atoms with Gasteiger partial charge < -0.3 is 50.8 Å². The number of carboxylic acid groups (broad SMARTS) is 1. The fraction of sp³-hybridized carbons (Fsp3) is 0.806. The van der Waals surface area contributed by atoms with E-state index in [1.54, 1.807) is 6.08 Å². The molecule has 0 aromatic rings. The minimum absolute atomic E-state index is 0.123. The molecule has 17 nitrogen and oxygen atoms in total. The maximum Gasteiger partial charge on any atom is 0.306 e. The van der Waals surface area contributed by atoms with Gasteiger partial charge in [0.15, 0.2) is 0 Å². The highest BCUT2D eigenvalue weighted by Crippen LogP contribution is 2.31. The summed E-state index contributed by atoms with van der Waals surface area (Å²) in [4.78, 5) is 52.7. The Bertz CT molecular complexity index is 1360. The van der Waals surface area contributed by atoms with Gasteiger partial charge in [0, 0.05) is 43.1 Å². The molecule has 0 unspecified atom stereocenters. The van der Waals surface area contributed by atoms with Crippen LogP contribution in [0.3, 0.4) is 0 Å². The third-order valence-electron chi connectivity index (χ3n) is 10.9. The summed E-state index contributed by atoms with van der Waals surface area (Å²) in [5.74, 6) is -2.26. The lowest BCUT2D eigenvalue weighted by molar-refractivity contribution is -0.208. The average Bonchev–Trinajstić information content (AvgIpc) is 3.19. The molecule has 4 aliphatic rings. The zero-order chi connectivity index (χ0) is 42.6. The fourth-order valence-corrected chi connectivity index (χ4v) is 7.35. The van der Waals surface area contributed by atoms with E-state index in [1.807, 2.05) is 7.05 Å². The summed E-state index contributed by atoms with van der Waals surface area (Å²) < 4.78 is 0. The van der Waals surface area contributed by atoms with Crippen molar-refractivity contribution in [2.45, 2.75) is 115 Å². The summed E-state index contributed by atoms with van der Waals surface area (Å²) in [5.41, 5.74) is 8.14. The third-order valence-corrected chi connectivity index (χ3v) is 10.9. The Morgan fingerprint density at radius 3 is 1.26 bits per heavy atom. The highest BCUT2D eigenvalue weighted by molar-refractivity contribution is 6.56. The monoisotopic (exact) mass is 783 g/mol. The van der Waals surface area contributed by atoms with E-state index in [4.69, 9.17) is 42.0 Å². The Hall–Kier alpha value is -4.07. The van der Waals surface area contributed by atoms with Gasteiger partial charge >= 0.3 is 5.97 Å². The molecule has 2 N–H and O–H groups in total. The van der Waals surface area contributed by atoms with Crippen molar-refractivity contribution in [3.63, 3.8) is 0 Å². The summed E-state index contributed by atoms with van der Waals surface area (Å²) >= 11 is 0. The van der Waals surface area contributed by atoms with Crippen LogP contribution in [0.15, 0.2) is 30.1 Å². The number of azide groups is 1. The van der Waals surface area contributed by atoms with Crippen molar-refractivity contribution in [2.24, 2.45) is 65.6 Å². The second-order valence-electron chi connectivity index (χ2n) is 14.9. The first-order chi connectivity index (χ1) is 27.2. The molecular weight excluding hydrogens is 730 g/mol. The Balaban J connectivity index is 0.000000381. The van der Waals surface area contributed by atoms with Crippen LogP contribution in [0.4, 0.5) is 0 Å². The molecule has 0 spiro atoms. The summed E-state index contributed by atoms with van der Waals surface area (Å²) in [5, 5.41) is 56.7. The number of isocyanates is 1. The molecule has 4 rings (SSSR count). The molecule has 306 valence electrons. The van der Waals surface area contributed by atoms with E-state index in [-0.39, 0.29) is 23.8 Å². The SMILES string of the molecule is [B]C([O-])=NCC1CCC(C(=O)N=[N+]=[N-])CC1.[B]C([O-])=NCC1CCC(C(=O)O)CC1.[B]C([O-])=NCC1CCC(N=C=O)CC1.[B]C([O-])=NCC1CCC(NC)CC1. The van der Waals surface area contributed by atoms with Gasteiger partial charge in [0.2, 0.25) is 12.0 Å². The zero-order valence-electron chi connectivity index (χ0n) is 33.0. The molecule has 4 fully saturated rings. The molecule has 4 saturated carbocycles. The number of hydrogen-bond donors (Lipinski definition) is 2. The van der Waals surface area contributed by atoms with Gasteiger partial charge in [0.1, 0.15) is 31.4 Å². The maximum absolute atomic E-state index is 11.3. The van der Waals surface area contributed by atoms with E-state index in [9.17, 15) is 34.8 Å². The summed E-state index contributed by atoms with van der Waals surface area (Å²) in [7, 11) is 21.6. The minimum Gasteiger partial charge on any atom is -0.870 e. The molecule has 0 atom stereocenters. The standard InChI is InChI=1S/C9H13BN4O2.C9H13BN2O2.C9H17BN2O.C9H14BNO3/c10-9(16)12-5-6-1-3-7(4-2-6)8(15)13-14-11;10-9(14)11-5-7-1-3-8(4-2-7)12-6-13;1-11-8-4-2-7(3-5-8)6-12-9(10)13;10-9(14)11-5-6-1-3-7(4-2-6)8(12)13/h6-7H,1-5H2,(H,12,16);7-8H,1-5H2,(H,11,14);7-8,11H,2-6H2,1H3,(H,12,13);6-7H,1-5H2,(H,11,14)(H,12,13)/p-4. The van der Waals surface area contributed by atoms with E-state index >= 15 is 0 Å². The summed E-state index contributed by atoms with van der Waals surface area (Å²) in [6.45, 7) is 2.00. The van der Waals surface area contributed by atoms with Crippen LogP contribution < -0.4 is 25.7 Å². The van der Waals surface area contributed by atoms with Gasteiger partial charge in [-0.2, -0.15) is 0 Å². The maximum atomic E-state index is 11.3. The quantitative estimate of drug-likeness (QED) is 0.0499. The second kappa shape index (κ2) is 30.1. The van der Waals surface area contributed by atoms with Crippen molar-refractivity contribution in [1.82, 2.24) is 5.32 Å². The molecular formula is C36H53B4N9O8-4. The summed E-state index contributed by atoms with van der Waals surface area (Å²) in [6, 6.07) is 0.780. The van der Waals surface area contributed by atoms with Gasteiger partial charge in [-0.1, -0.05) is 23.2 Å². The van der Waals surface area contributed by atoms with Crippen molar-refractivity contribution in [2.75, 3.05) is 33.2 Å². The molecule has 0 aliphatic heterocycles. The lowest BCUT2D eigenvalue weighted by atomic mass is 9.81. The zero-order valence-corrected chi connectivity index (χ0v) is 33.0. The Labute approximate surface area is 341 Å². The number of hydrogen-bond acceptors (Lipinski definition) is 13. The van der Waals surface area contributed by atoms with Crippen molar-refractivity contribution < 1.29 is 39.9 Å². The molecule has 0 heterocycles. The molecule has 21 heteroatoms. The van der Waals surface area contributed by atoms with Gasteiger partial charge in [0.05, 0.1) is 12.0 Å². The average molecular weight is 783 g/mol. The van der Waals surface area contributed by atoms with Crippen LogP contribution in [0.5, 0.6) is 0 Å². The highest BCUT2D eigenvalue weighted by atomic mass is 16.4. The number of aliphatic imine (C=N–C) groups is 5. The molecule has 57 heavy (non-hydrogen) atoms. The van der Waals surface area contributed by atoms with E-state index in [0.29, 0.717) is 81.6 Å². The van der Waals surface area contributed by atoms with E-state index in [1.165, 1.54) is 12.8 Å². The van der Waals surface area contributed by atoms with Gasteiger partial charge in [-0.3, -0.25) is 9.59 Å². The van der Waals surface area contributed by atoms with Gasteiger partial charge in [-0.05, 0) is 144 Å². The van der Waals surface area contributed by atoms with Crippen LogP contribution in [-0.2, 0) is 14.4 Å². The number of carboxylic acids is 1. The number of rotatable bonds is 12. The van der Waals surface area contributed by atoms with Crippen molar-refractivity contribution >= 4 is 72.5 Å². The Kier molecular flexibility index (Phi) is 26.9. The molecule has 8 radical (unpaired) electrons. The van der Waals surface area contributed by atoms with Crippen LogP contribution in [0.2, 0.25) is 0 Å². The van der Waals surface area contributed by atoms with E-state index in [0.717, 1.165) is 64.2 Å². The topological polar surface area (TPSA) is 286 Å². The molecule has 4 aliphatic carbocycles. The predicted molar refractivity (Wildman–Crippen MR) is 214 cm³/mol. The number of amides is 1. The predicted octanol–water partition coefficient (Wildman–Crippen LogP) is -0.308. The van der Waals surface area contributed by atoms with Gasteiger partial charge in [-0.15, -0.1) is 0 Å². The Morgan fingerprint density at radius 2 is 0.965 bits per heavy atom. The number of carbonyl (C=O) groups excluding carboxylic acids is 2. The van der Waals surface area contributed by atoms with E-state index in [2.05, 4.69) is 40.3 Å². The molecule has 0 bridgehead atoms. The molecule has 0 aromatic carbocycles. The smallest absolute Gasteiger partial charge is 0.306 e. The lowest BCUT2D eigenvalue weighted by Gasteiger charge is -2.27. The van der Waals surface area contributed by atoms with Crippen LogP contribution in [0.25, 0.3) is 10.4 Å². The molecule has 0 aromatic heterocycles. The highest BCUT2D eigenvalue weighted by Gasteiger charge is 2.26. The van der Waals surface area contributed by atoms with Crippen molar-refractivity contribution in [1.29, 1.82) is 0 Å². The first-order valence-corrected chi connectivity index (χ1v) is 19.6. The number of carbonyl (C=O) groups is 2. The third kappa shape index (κ3) is 25.0. The normalized spacial score (nSPS) is 28.2. The van der Waals surface area contributed by atoms with Crippen LogP contribution in [-0.4, -0.2) is 123 Å². The number of aliphatic carboxylic acids is 1. The number of nitrogens with one attached hydrogen (secondary N) is 1. The van der Waals surface area contributed by atoms with Crippen LogP contribution >= 0.6 is 0 Å².